The molecule has 2 heterocycles. The molecule has 0 aliphatic heterocycles. The molecule has 1 atom stereocenters. The van der Waals surface area contributed by atoms with Crippen LogP contribution in [0.4, 0.5) is 0 Å². The zero-order chi connectivity index (χ0) is 24.9. The van der Waals surface area contributed by atoms with Crippen molar-refractivity contribution >= 4 is 55.7 Å². The second kappa shape index (κ2) is 11.2. The maximum Gasteiger partial charge on any atom is 0.233 e. The average Bonchev–Trinajstić information content (AvgIpc) is 3.22. The van der Waals surface area contributed by atoms with Gasteiger partial charge in [0, 0.05) is 22.9 Å². The number of halogens is 1. The van der Waals surface area contributed by atoms with Crippen molar-refractivity contribution in [1.82, 2.24) is 25.1 Å². The summed E-state index contributed by atoms with van der Waals surface area (Å²) in [4.78, 5) is 17.8. The van der Waals surface area contributed by atoms with Gasteiger partial charge in [0.1, 0.15) is 5.52 Å². The minimum absolute atomic E-state index is 0.00228. The smallest absolute Gasteiger partial charge is 0.233 e. The summed E-state index contributed by atoms with van der Waals surface area (Å²) in [6.07, 6.45) is 1.47. The molecule has 0 saturated heterocycles. The summed E-state index contributed by atoms with van der Waals surface area (Å²) < 4.78 is 3.22. The number of amides is 1. The highest BCUT2D eigenvalue weighted by Crippen LogP contribution is 2.29. The second-order valence-corrected chi connectivity index (χ2v) is 10.6. The molecular formula is C28H26BrN5OS. The Balaban J connectivity index is 1.38. The topological polar surface area (TPSA) is 72.7 Å². The maximum atomic E-state index is 12.9. The number of nitrogens with zero attached hydrogens (tertiary/aromatic N) is 4. The molecule has 0 bridgehead atoms. The Morgan fingerprint density at radius 3 is 2.50 bits per heavy atom. The zero-order valence-corrected chi connectivity index (χ0v) is 22.3. The molecular weight excluding hydrogens is 534 g/mol. The van der Waals surface area contributed by atoms with Crippen LogP contribution in [0.1, 0.15) is 24.5 Å². The number of thioether (sulfide) groups is 1. The van der Waals surface area contributed by atoms with Crippen molar-refractivity contribution in [2.24, 2.45) is 0 Å². The first-order chi connectivity index (χ1) is 17.6. The Kier molecular flexibility index (Phi) is 7.63. The molecule has 5 rings (SSSR count). The van der Waals surface area contributed by atoms with Gasteiger partial charge in [0.2, 0.25) is 11.1 Å². The third-order valence-corrected chi connectivity index (χ3v) is 7.82. The maximum absolute atomic E-state index is 12.9. The van der Waals surface area contributed by atoms with Crippen LogP contribution >= 0.6 is 27.7 Å². The lowest BCUT2D eigenvalue weighted by atomic mass is 10.1. The summed E-state index contributed by atoms with van der Waals surface area (Å²) in [6.45, 7) is 3.27. The minimum atomic E-state index is -0.288. The molecule has 0 aliphatic carbocycles. The van der Waals surface area contributed by atoms with E-state index in [2.05, 4.69) is 66.3 Å². The van der Waals surface area contributed by atoms with Crippen LogP contribution < -0.4 is 5.32 Å². The third-order valence-electron chi connectivity index (χ3n) is 6.08. The summed E-state index contributed by atoms with van der Waals surface area (Å²) >= 11 is 4.88. The fourth-order valence-corrected chi connectivity index (χ4v) is 5.31. The van der Waals surface area contributed by atoms with Crippen molar-refractivity contribution in [3.8, 4) is 0 Å². The number of hydrogen-bond donors (Lipinski definition) is 1. The molecule has 36 heavy (non-hydrogen) atoms. The Bertz CT molecular complexity index is 1490. The van der Waals surface area contributed by atoms with E-state index in [0.717, 1.165) is 38.5 Å². The van der Waals surface area contributed by atoms with E-state index in [9.17, 15) is 4.79 Å². The lowest BCUT2D eigenvalue weighted by molar-refractivity contribution is -0.120. The molecule has 1 amide bonds. The highest BCUT2D eigenvalue weighted by molar-refractivity contribution is 9.10. The van der Waals surface area contributed by atoms with Crippen molar-refractivity contribution in [2.75, 3.05) is 6.54 Å². The minimum Gasteiger partial charge on any atom is -0.355 e. The van der Waals surface area contributed by atoms with E-state index in [-0.39, 0.29) is 11.2 Å². The number of para-hydroxylation sites is 1. The first kappa shape index (κ1) is 24.5. The molecule has 0 aliphatic rings. The van der Waals surface area contributed by atoms with Crippen LogP contribution in [0.15, 0.2) is 88.5 Å². The fourth-order valence-electron chi connectivity index (χ4n) is 4.21. The van der Waals surface area contributed by atoms with Crippen LogP contribution in [0.5, 0.6) is 0 Å². The van der Waals surface area contributed by atoms with Gasteiger partial charge in [-0.25, -0.2) is 4.98 Å². The van der Waals surface area contributed by atoms with Crippen molar-refractivity contribution in [1.29, 1.82) is 0 Å². The van der Waals surface area contributed by atoms with Gasteiger partial charge in [-0.3, -0.25) is 4.79 Å². The number of aromatic nitrogens is 4. The third kappa shape index (κ3) is 5.44. The molecule has 0 saturated carbocycles. The number of fused-ring (bicyclic) bond motifs is 3. The second-order valence-electron chi connectivity index (χ2n) is 8.54. The Morgan fingerprint density at radius 1 is 0.972 bits per heavy atom. The SMILES string of the molecule is CCC(Sc1nnc2c3ccccc3n(Cc3ccc(Br)cc3)c2n1)C(=O)NCCc1ccccc1. The Labute approximate surface area is 222 Å². The number of rotatable bonds is 9. The van der Waals surface area contributed by atoms with Crippen molar-refractivity contribution in [3.05, 3.63) is 94.5 Å². The first-order valence-corrected chi connectivity index (χ1v) is 13.6. The monoisotopic (exact) mass is 559 g/mol. The molecule has 3 aromatic carbocycles. The zero-order valence-electron chi connectivity index (χ0n) is 19.9. The highest BCUT2D eigenvalue weighted by atomic mass is 79.9. The first-order valence-electron chi connectivity index (χ1n) is 12.0. The molecule has 182 valence electrons. The molecule has 2 aromatic heterocycles. The lowest BCUT2D eigenvalue weighted by Gasteiger charge is -2.14. The van der Waals surface area contributed by atoms with E-state index in [4.69, 9.17) is 4.98 Å². The van der Waals surface area contributed by atoms with Gasteiger partial charge >= 0.3 is 0 Å². The average molecular weight is 561 g/mol. The predicted octanol–water partition coefficient (Wildman–Crippen LogP) is 6.02. The molecule has 5 aromatic rings. The van der Waals surface area contributed by atoms with Crippen molar-refractivity contribution < 1.29 is 4.79 Å². The summed E-state index contributed by atoms with van der Waals surface area (Å²) in [5.41, 5.74) is 4.97. The van der Waals surface area contributed by atoms with Gasteiger partial charge in [0.25, 0.3) is 0 Å². The summed E-state index contributed by atoms with van der Waals surface area (Å²) in [5, 5.41) is 13.2. The van der Waals surface area contributed by atoms with Crippen LogP contribution in [0.2, 0.25) is 0 Å². The molecule has 1 N–H and O–H groups in total. The molecule has 8 heteroatoms. The molecule has 0 radical (unpaired) electrons. The number of benzene rings is 3. The quantitative estimate of drug-likeness (QED) is 0.223. The Morgan fingerprint density at radius 2 is 1.72 bits per heavy atom. The fraction of sp³-hybridized carbons (Fsp3) is 0.214. The predicted molar refractivity (Wildman–Crippen MR) is 149 cm³/mol. The van der Waals surface area contributed by atoms with Crippen molar-refractivity contribution in [3.63, 3.8) is 0 Å². The van der Waals surface area contributed by atoms with Crippen LogP contribution in [0.25, 0.3) is 22.1 Å². The van der Waals surface area contributed by atoms with Gasteiger partial charge in [-0.05, 0) is 42.2 Å². The standard InChI is InChI=1S/C28H26BrN5OS/c1-2-24(27(35)30-17-16-19-8-4-3-5-9-19)36-28-31-26-25(32-33-28)22-10-6-7-11-23(22)34(26)18-20-12-14-21(29)15-13-20/h3-15,24H,2,16-18H2,1H3,(H,30,35). The van der Waals surface area contributed by atoms with Crippen LogP contribution in [0.3, 0.4) is 0 Å². The van der Waals surface area contributed by atoms with Crippen LogP contribution in [-0.4, -0.2) is 37.5 Å². The number of carbonyl (C=O) groups is 1. The molecule has 0 fully saturated rings. The van der Waals surface area contributed by atoms with E-state index in [1.54, 1.807) is 0 Å². The highest BCUT2D eigenvalue weighted by Gasteiger charge is 2.21. The van der Waals surface area contributed by atoms with Crippen LogP contribution in [-0.2, 0) is 17.8 Å². The number of carbonyl (C=O) groups excluding carboxylic acids is 1. The summed E-state index contributed by atoms with van der Waals surface area (Å²) in [6, 6.07) is 26.6. The molecule has 0 spiro atoms. The number of nitrogens with one attached hydrogen (secondary N) is 1. The van der Waals surface area contributed by atoms with E-state index >= 15 is 0 Å². The Hall–Kier alpha value is -3.23. The van der Waals surface area contributed by atoms with Gasteiger partial charge < -0.3 is 9.88 Å². The van der Waals surface area contributed by atoms with E-state index in [1.807, 2.05) is 55.5 Å². The van der Waals surface area contributed by atoms with Crippen LogP contribution in [0, 0.1) is 0 Å². The summed E-state index contributed by atoms with van der Waals surface area (Å²) in [7, 11) is 0. The normalized spacial score (nSPS) is 12.2. The van der Waals surface area contributed by atoms with Gasteiger partial charge in [-0.15, -0.1) is 10.2 Å². The van der Waals surface area contributed by atoms with E-state index < -0.39 is 0 Å². The largest absolute Gasteiger partial charge is 0.355 e. The van der Waals surface area contributed by atoms with Gasteiger partial charge in [0.15, 0.2) is 5.65 Å². The summed E-state index contributed by atoms with van der Waals surface area (Å²) in [5.74, 6) is -0.00228. The molecule has 1 unspecified atom stereocenters. The van der Waals surface area contributed by atoms with Gasteiger partial charge in [-0.2, -0.15) is 0 Å². The van der Waals surface area contributed by atoms with Crippen molar-refractivity contribution in [2.45, 2.75) is 36.7 Å². The number of hydrogen-bond acceptors (Lipinski definition) is 5. The lowest BCUT2D eigenvalue weighted by Crippen LogP contribution is -2.33. The van der Waals surface area contributed by atoms with Gasteiger partial charge in [-0.1, -0.05) is 95.3 Å². The van der Waals surface area contributed by atoms with E-state index in [1.165, 1.54) is 17.3 Å². The van der Waals surface area contributed by atoms with E-state index in [0.29, 0.717) is 24.7 Å². The molecule has 6 nitrogen and oxygen atoms in total. The van der Waals surface area contributed by atoms with Gasteiger partial charge in [0.05, 0.1) is 10.8 Å².